The summed E-state index contributed by atoms with van der Waals surface area (Å²) in [6.45, 7) is 1.75. The highest BCUT2D eigenvalue weighted by Crippen LogP contribution is 2.40. The third-order valence-corrected chi connectivity index (χ3v) is 7.75. The first-order valence-electron chi connectivity index (χ1n) is 10.4. The molecule has 1 saturated heterocycles. The number of aryl methyl sites for hydroxylation is 1. The molecule has 34 heavy (non-hydrogen) atoms. The van der Waals surface area contributed by atoms with Gasteiger partial charge in [-0.1, -0.05) is 29.8 Å². The summed E-state index contributed by atoms with van der Waals surface area (Å²) in [7, 11) is -4.87. The van der Waals surface area contributed by atoms with Gasteiger partial charge in [0.15, 0.2) is 0 Å². The third kappa shape index (κ3) is 5.58. The lowest BCUT2D eigenvalue weighted by Crippen LogP contribution is -2.71. The minimum absolute atomic E-state index is 0.110. The van der Waals surface area contributed by atoms with Gasteiger partial charge in [-0.05, 0) is 25.0 Å². The number of halogens is 2. The maximum Gasteiger partial charge on any atom is 0.352 e. The van der Waals surface area contributed by atoms with Gasteiger partial charge in [-0.3, -0.25) is 19.4 Å². The van der Waals surface area contributed by atoms with Crippen molar-refractivity contribution in [1.82, 2.24) is 15.1 Å². The Kier molecular flexibility index (Phi) is 7.98. The Hall–Kier alpha value is -2.51. The molecular weight excluding hydrogens is 492 g/mol. The molecule has 3 rings (SSSR count). The van der Waals surface area contributed by atoms with Gasteiger partial charge in [-0.2, -0.15) is 8.42 Å². The van der Waals surface area contributed by atoms with Crippen LogP contribution in [-0.4, -0.2) is 83.8 Å². The van der Waals surface area contributed by atoms with E-state index in [0.29, 0.717) is 16.9 Å². The van der Waals surface area contributed by atoms with E-state index >= 15 is 0 Å². The summed E-state index contributed by atoms with van der Waals surface area (Å²) in [5.74, 6) is -3.08. The molecule has 1 unspecified atom stereocenters. The molecule has 2 heterocycles. The summed E-state index contributed by atoms with van der Waals surface area (Å²) in [6, 6.07) is 4.47. The topological polar surface area (TPSA) is 124 Å². The first-order chi connectivity index (χ1) is 15.9. The number of aliphatic carboxylic acids is 1. The van der Waals surface area contributed by atoms with Crippen molar-refractivity contribution in [3.05, 3.63) is 46.7 Å². The Morgan fingerprint density at radius 3 is 2.47 bits per heavy atom. The fourth-order valence-electron chi connectivity index (χ4n) is 3.99. The van der Waals surface area contributed by atoms with Gasteiger partial charge < -0.3 is 10.4 Å². The molecule has 13 heteroatoms. The maximum atomic E-state index is 13.3. The average Bonchev–Trinajstić information content (AvgIpc) is 2.76. The number of nitrogens with zero attached hydrogens (tertiary/aromatic N) is 2. The highest BCUT2D eigenvalue weighted by molar-refractivity contribution is 8.00. The molecule has 0 aromatic heterocycles. The van der Waals surface area contributed by atoms with Crippen LogP contribution in [0.4, 0.5) is 8.28 Å². The molecule has 2 amide bonds. The average molecular weight is 518 g/mol. The van der Waals surface area contributed by atoms with Crippen molar-refractivity contribution in [2.24, 2.45) is 0 Å². The van der Waals surface area contributed by atoms with Crippen LogP contribution in [0.2, 0.25) is 0 Å². The van der Waals surface area contributed by atoms with Crippen molar-refractivity contribution in [2.45, 2.75) is 31.3 Å². The molecule has 1 aromatic carbocycles. The zero-order valence-corrected chi connectivity index (χ0v) is 20.2. The monoisotopic (exact) mass is 517 g/mol. The first-order valence-corrected chi connectivity index (χ1v) is 13.0. The van der Waals surface area contributed by atoms with Crippen molar-refractivity contribution >= 4 is 39.8 Å². The van der Waals surface area contributed by atoms with E-state index in [4.69, 9.17) is 0 Å². The first kappa shape index (κ1) is 26.1. The second-order valence-corrected chi connectivity index (χ2v) is 10.7. The highest BCUT2D eigenvalue weighted by atomic mass is 32.3. The normalized spacial score (nSPS) is 21.2. The molecule has 2 aliphatic rings. The Morgan fingerprint density at radius 1 is 1.26 bits per heavy atom. The minimum Gasteiger partial charge on any atom is -0.477 e. The van der Waals surface area contributed by atoms with Crippen LogP contribution in [0.15, 0.2) is 35.5 Å². The van der Waals surface area contributed by atoms with Crippen LogP contribution in [0, 0.1) is 6.92 Å². The molecule has 1 aromatic rings. The summed E-state index contributed by atoms with van der Waals surface area (Å²) < 4.78 is 48.6. The number of rotatable bonds is 10. The standard InChI is InChI=1S/C21H25F2N3O6S2/c1-12-3-5-14(6-4-12)17(25(8-7-22)9-10-34(23,31)32)18(27)24-15-19(28)26-16(21(29)30)13(2)11-33-20(15)26/h3-6,15,17,20H,7-11H2,1-2H3,(H,24,27)(H,29,30)/t15-,17-,20?/m1/s1. The van der Waals surface area contributed by atoms with Crippen LogP contribution in [0.3, 0.4) is 0 Å². The Morgan fingerprint density at radius 2 is 1.91 bits per heavy atom. The number of carboxylic acid groups (broad SMARTS) is 1. The molecule has 0 saturated carbocycles. The van der Waals surface area contributed by atoms with E-state index in [1.54, 1.807) is 31.2 Å². The molecule has 9 nitrogen and oxygen atoms in total. The van der Waals surface area contributed by atoms with Crippen molar-refractivity contribution in [3.8, 4) is 0 Å². The number of carbonyl (C=O) groups is 3. The van der Waals surface area contributed by atoms with Gasteiger partial charge in [-0.25, -0.2) is 9.18 Å². The van der Waals surface area contributed by atoms with Crippen molar-refractivity contribution in [2.75, 3.05) is 31.3 Å². The summed E-state index contributed by atoms with van der Waals surface area (Å²) in [6.07, 6.45) is 0. The van der Waals surface area contributed by atoms with Gasteiger partial charge in [0, 0.05) is 18.8 Å². The molecule has 3 atom stereocenters. The molecule has 0 radical (unpaired) electrons. The number of hydrogen-bond donors (Lipinski definition) is 2. The summed E-state index contributed by atoms with van der Waals surface area (Å²) >= 11 is 1.30. The number of alkyl halides is 1. The smallest absolute Gasteiger partial charge is 0.352 e. The van der Waals surface area contributed by atoms with Crippen molar-refractivity contribution in [1.29, 1.82) is 0 Å². The molecule has 1 fully saturated rings. The molecular formula is C21H25F2N3O6S2. The van der Waals surface area contributed by atoms with Gasteiger partial charge in [0.05, 0.1) is 5.75 Å². The Balaban J connectivity index is 1.86. The van der Waals surface area contributed by atoms with E-state index in [2.05, 4.69) is 5.32 Å². The van der Waals surface area contributed by atoms with E-state index < -0.39 is 64.4 Å². The number of carbonyl (C=O) groups excluding carboxylic acids is 2. The fourth-order valence-corrected chi connectivity index (χ4v) is 5.73. The van der Waals surface area contributed by atoms with Gasteiger partial charge in [0.2, 0.25) is 5.91 Å². The minimum atomic E-state index is -4.87. The lowest BCUT2D eigenvalue weighted by Gasteiger charge is -2.49. The lowest BCUT2D eigenvalue weighted by atomic mass is 9.99. The maximum absolute atomic E-state index is 13.3. The van der Waals surface area contributed by atoms with Crippen LogP contribution >= 0.6 is 11.8 Å². The highest BCUT2D eigenvalue weighted by Gasteiger charge is 2.54. The number of thioether (sulfide) groups is 1. The number of nitrogens with one attached hydrogen (secondary N) is 1. The largest absolute Gasteiger partial charge is 0.477 e. The predicted octanol–water partition coefficient (Wildman–Crippen LogP) is 1.37. The van der Waals surface area contributed by atoms with Gasteiger partial charge >= 0.3 is 16.2 Å². The molecule has 0 bridgehead atoms. The molecule has 2 N–H and O–H groups in total. The number of benzene rings is 1. The van der Waals surface area contributed by atoms with Crippen LogP contribution in [0.5, 0.6) is 0 Å². The van der Waals surface area contributed by atoms with Crippen LogP contribution in [-0.2, 0) is 24.6 Å². The molecule has 0 aliphatic carbocycles. The van der Waals surface area contributed by atoms with Crippen LogP contribution < -0.4 is 5.32 Å². The van der Waals surface area contributed by atoms with E-state index in [9.17, 15) is 36.2 Å². The summed E-state index contributed by atoms with van der Waals surface area (Å²) in [4.78, 5) is 40.0. The third-order valence-electron chi connectivity index (χ3n) is 5.66. The summed E-state index contributed by atoms with van der Waals surface area (Å²) in [5.41, 5.74) is 1.72. The Bertz CT molecular complexity index is 1110. The number of β-lactam (4-membered cyclic amide) rings is 1. The molecule has 186 valence electrons. The van der Waals surface area contributed by atoms with Crippen molar-refractivity contribution < 1.29 is 36.2 Å². The summed E-state index contributed by atoms with van der Waals surface area (Å²) in [5, 5.41) is 11.5. The second-order valence-electron chi connectivity index (χ2n) is 8.11. The Labute approximate surface area is 200 Å². The van der Waals surface area contributed by atoms with E-state index in [0.717, 1.165) is 10.5 Å². The number of carboxylic acids is 1. The number of hydrogen-bond acceptors (Lipinski definition) is 7. The molecule has 2 aliphatic heterocycles. The molecule has 0 spiro atoms. The second kappa shape index (κ2) is 10.4. The number of fused-ring (bicyclic) bond motifs is 1. The quantitative estimate of drug-likeness (QED) is 0.352. The van der Waals surface area contributed by atoms with Crippen LogP contribution in [0.25, 0.3) is 0 Å². The SMILES string of the molecule is CC1=C(C(=O)O)N2C(=O)[C@@H](NC(=O)[C@@H](c3ccc(C)cc3)N(CCF)CCS(=O)(=O)F)C2SC1. The van der Waals surface area contributed by atoms with Gasteiger partial charge in [0.25, 0.3) is 5.91 Å². The predicted molar refractivity (Wildman–Crippen MR) is 122 cm³/mol. The van der Waals surface area contributed by atoms with Gasteiger partial charge in [-0.15, -0.1) is 15.6 Å². The van der Waals surface area contributed by atoms with E-state index in [1.807, 2.05) is 6.92 Å². The zero-order valence-electron chi connectivity index (χ0n) is 18.5. The fraction of sp³-hybridized carbons (Fsp3) is 0.476. The lowest BCUT2D eigenvalue weighted by molar-refractivity contribution is -0.151. The van der Waals surface area contributed by atoms with Crippen LogP contribution in [0.1, 0.15) is 24.1 Å². The van der Waals surface area contributed by atoms with E-state index in [-0.39, 0.29) is 12.2 Å². The number of amides is 2. The van der Waals surface area contributed by atoms with E-state index in [1.165, 1.54) is 16.7 Å². The zero-order chi connectivity index (χ0) is 25.2. The van der Waals surface area contributed by atoms with Gasteiger partial charge in [0.1, 0.15) is 29.8 Å². The van der Waals surface area contributed by atoms with Crippen molar-refractivity contribution in [3.63, 3.8) is 0 Å².